The zero-order valence-corrected chi connectivity index (χ0v) is 13.7. The van der Waals surface area contributed by atoms with E-state index >= 15 is 0 Å². The SMILES string of the molecule is COc1c(Cl)cc(/C=N/NC(=O)Cc2ccc(F)cc2)cc1Cl. The van der Waals surface area contributed by atoms with Crippen LogP contribution in [-0.2, 0) is 11.2 Å². The summed E-state index contributed by atoms with van der Waals surface area (Å²) in [4.78, 5) is 11.7. The first kappa shape index (κ1) is 17.2. The molecule has 0 fully saturated rings. The van der Waals surface area contributed by atoms with Gasteiger partial charge < -0.3 is 4.74 Å². The summed E-state index contributed by atoms with van der Waals surface area (Å²) in [7, 11) is 1.47. The third-order valence-corrected chi connectivity index (χ3v) is 3.47. The Balaban J connectivity index is 1.96. The van der Waals surface area contributed by atoms with Crippen LogP contribution >= 0.6 is 23.2 Å². The maximum atomic E-state index is 12.8. The van der Waals surface area contributed by atoms with Gasteiger partial charge in [0.2, 0.25) is 5.91 Å². The van der Waals surface area contributed by atoms with Crippen LogP contribution in [0.4, 0.5) is 4.39 Å². The molecule has 0 aliphatic carbocycles. The maximum absolute atomic E-state index is 12.8. The van der Waals surface area contributed by atoms with Crippen LogP contribution in [0, 0.1) is 5.82 Å². The van der Waals surface area contributed by atoms with Gasteiger partial charge in [-0.15, -0.1) is 0 Å². The van der Waals surface area contributed by atoms with E-state index in [-0.39, 0.29) is 18.1 Å². The lowest BCUT2D eigenvalue weighted by atomic mass is 10.1. The summed E-state index contributed by atoms with van der Waals surface area (Å²) in [5.41, 5.74) is 3.68. The number of ether oxygens (including phenoxy) is 1. The molecule has 0 saturated heterocycles. The van der Waals surface area contributed by atoms with E-state index < -0.39 is 0 Å². The van der Waals surface area contributed by atoms with Crippen molar-refractivity contribution in [3.8, 4) is 5.75 Å². The van der Waals surface area contributed by atoms with Gasteiger partial charge in [-0.3, -0.25) is 4.79 Å². The number of amides is 1. The Labute approximate surface area is 142 Å². The highest BCUT2D eigenvalue weighted by Gasteiger charge is 2.07. The Kier molecular flexibility index (Phi) is 5.96. The van der Waals surface area contributed by atoms with Crippen molar-refractivity contribution in [3.05, 3.63) is 63.4 Å². The van der Waals surface area contributed by atoms with Crippen molar-refractivity contribution in [2.45, 2.75) is 6.42 Å². The smallest absolute Gasteiger partial charge is 0.244 e. The number of hydrogen-bond acceptors (Lipinski definition) is 3. The number of rotatable bonds is 5. The summed E-state index contributed by atoms with van der Waals surface area (Å²) in [5, 5.41) is 4.53. The van der Waals surface area contributed by atoms with Crippen molar-refractivity contribution in [3.63, 3.8) is 0 Å². The average Bonchev–Trinajstić information content (AvgIpc) is 2.49. The van der Waals surface area contributed by atoms with Gasteiger partial charge in [0.05, 0.1) is 29.8 Å². The van der Waals surface area contributed by atoms with Crippen LogP contribution in [0.5, 0.6) is 5.75 Å². The lowest BCUT2D eigenvalue weighted by Crippen LogP contribution is -2.19. The minimum atomic E-state index is -0.347. The average molecular weight is 355 g/mol. The molecule has 0 aliphatic heterocycles. The number of hydrogen-bond donors (Lipinski definition) is 1. The zero-order chi connectivity index (χ0) is 16.8. The van der Waals surface area contributed by atoms with Crippen LogP contribution < -0.4 is 10.2 Å². The number of benzene rings is 2. The van der Waals surface area contributed by atoms with Crippen LogP contribution in [0.2, 0.25) is 10.0 Å². The Morgan fingerprint density at radius 3 is 2.43 bits per heavy atom. The van der Waals surface area contributed by atoms with Gasteiger partial charge >= 0.3 is 0 Å². The van der Waals surface area contributed by atoms with Gasteiger partial charge in [0.15, 0.2) is 5.75 Å². The molecular weight excluding hydrogens is 342 g/mol. The number of halogens is 3. The van der Waals surface area contributed by atoms with Crippen LogP contribution in [0.15, 0.2) is 41.5 Å². The molecule has 4 nitrogen and oxygen atoms in total. The van der Waals surface area contributed by atoms with E-state index in [1.807, 2.05) is 0 Å². The van der Waals surface area contributed by atoms with Gasteiger partial charge in [0.1, 0.15) is 5.82 Å². The highest BCUT2D eigenvalue weighted by Crippen LogP contribution is 2.33. The molecule has 0 spiro atoms. The molecule has 2 aromatic carbocycles. The highest BCUT2D eigenvalue weighted by atomic mass is 35.5. The third-order valence-electron chi connectivity index (χ3n) is 2.91. The number of hydrazone groups is 1. The number of carbonyl (C=O) groups excluding carboxylic acids is 1. The second-order valence-electron chi connectivity index (χ2n) is 4.61. The molecule has 2 aromatic rings. The Morgan fingerprint density at radius 2 is 1.87 bits per heavy atom. The number of carbonyl (C=O) groups is 1. The molecule has 0 bridgehead atoms. The predicted molar refractivity (Wildman–Crippen MR) is 88.9 cm³/mol. The van der Waals surface area contributed by atoms with Crippen molar-refractivity contribution >= 4 is 35.3 Å². The summed E-state index contributed by atoms with van der Waals surface area (Å²) < 4.78 is 17.8. The van der Waals surface area contributed by atoms with Gasteiger partial charge in [-0.2, -0.15) is 5.10 Å². The second-order valence-corrected chi connectivity index (χ2v) is 5.43. The molecule has 0 aliphatic rings. The van der Waals surface area contributed by atoms with E-state index in [0.717, 1.165) is 0 Å². The van der Waals surface area contributed by atoms with Gasteiger partial charge in [-0.05, 0) is 35.4 Å². The molecule has 2 rings (SSSR count). The van der Waals surface area contributed by atoms with Gasteiger partial charge in [0, 0.05) is 0 Å². The second kappa shape index (κ2) is 7.94. The Hall–Kier alpha value is -2.11. The maximum Gasteiger partial charge on any atom is 0.244 e. The molecule has 0 unspecified atom stereocenters. The fourth-order valence-corrected chi connectivity index (χ4v) is 2.51. The van der Waals surface area contributed by atoms with Crippen molar-refractivity contribution < 1.29 is 13.9 Å². The lowest BCUT2D eigenvalue weighted by Gasteiger charge is -2.06. The third kappa shape index (κ3) is 4.94. The first-order valence-electron chi connectivity index (χ1n) is 6.59. The minimum absolute atomic E-state index is 0.0990. The van der Waals surface area contributed by atoms with E-state index in [1.165, 1.54) is 25.5 Å². The van der Waals surface area contributed by atoms with E-state index in [2.05, 4.69) is 10.5 Å². The van der Waals surface area contributed by atoms with Crippen LogP contribution in [0.1, 0.15) is 11.1 Å². The van der Waals surface area contributed by atoms with Crippen LogP contribution in [0.3, 0.4) is 0 Å². The van der Waals surface area contributed by atoms with Crippen molar-refractivity contribution in [2.24, 2.45) is 5.10 Å². The first-order chi connectivity index (χ1) is 11.0. The standard InChI is InChI=1S/C16H13Cl2FN2O2/c1-23-16-13(17)6-11(7-14(16)18)9-20-21-15(22)8-10-2-4-12(19)5-3-10/h2-7,9H,8H2,1H3,(H,21,22)/b20-9+. The Bertz CT molecular complexity index is 710. The van der Waals surface area contributed by atoms with Crippen LogP contribution in [-0.4, -0.2) is 19.2 Å². The largest absolute Gasteiger partial charge is 0.494 e. The van der Waals surface area contributed by atoms with E-state index in [1.54, 1.807) is 24.3 Å². The number of nitrogens with one attached hydrogen (secondary N) is 1. The summed E-state index contributed by atoms with van der Waals surface area (Å²) in [5.74, 6) is -0.287. The summed E-state index contributed by atoms with van der Waals surface area (Å²) in [6.45, 7) is 0. The van der Waals surface area contributed by atoms with Crippen molar-refractivity contribution in [1.29, 1.82) is 0 Å². The first-order valence-corrected chi connectivity index (χ1v) is 7.34. The van der Waals surface area contributed by atoms with E-state index in [0.29, 0.717) is 26.9 Å². The van der Waals surface area contributed by atoms with Gasteiger partial charge in [-0.1, -0.05) is 35.3 Å². The van der Waals surface area contributed by atoms with Crippen molar-refractivity contribution in [1.82, 2.24) is 5.43 Å². The van der Waals surface area contributed by atoms with Crippen LogP contribution in [0.25, 0.3) is 0 Å². The monoisotopic (exact) mass is 354 g/mol. The molecule has 0 aromatic heterocycles. The van der Waals surface area contributed by atoms with Gasteiger partial charge in [0.25, 0.3) is 0 Å². The Morgan fingerprint density at radius 1 is 1.26 bits per heavy atom. The molecule has 0 radical (unpaired) electrons. The number of nitrogens with zero attached hydrogens (tertiary/aromatic N) is 1. The number of methoxy groups -OCH3 is 1. The molecule has 1 N–H and O–H groups in total. The topological polar surface area (TPSA) is 50.7 Å². The molecule has 1 amide bonds. The molecule has 0 atom stereocenters. The fraction of sp³-hybridized carbons (Fsp3) is 0.125. The predicted octanol–water partition coefficient (Wildman–Crippen LogP) is 3.83. The van der Waals surface area contributed by atoms with E-state index in [9.17, 15) is 9.18 Å². The quantitative estimate of drug-likeness (QED) is 0.655. The fourth-order valence-electron chi connectivity index (χ4n) is 1.86. The highest BCUT2D eigenvalue weighted by molar-refractivity contribution is 6.37. The molecule has 0 saturated carbocycles. The summed E-state index contributed by atoms with van der Waals surface area (Å²) >= 11 is 12.0. The molecule has 7 heteroatoms. The zero-order valence-electron chi connectivity index (χ0n) is 12.1. The minimum Gasteiger partial charge on any atom is -0.494 e. The molecular formula is C16H13Cl2FN2O2. The molecule has 23 heavy (non-hydrogen) atoms. The molecule has 120 valence electrons. The summed E-state index contributed by atoms with van der Waals surface area (Å²) in [6, 6.07) is 8.91. The summed E-state index contributed by atoms with van der Waals surface area (Å²) in [6.07, 6.45) is 1.52. The molecule has 0 heterocycles. The van der Waals surface area contributed by atoms with E-state index in [4.69, 9.17) is 27.9 Å². The van der Waals surface area contributed by atoms with Gasteiger partial charge in [-0.25, -0.2) is 9.82 Å². The lowest BCUT2D eigenvalue weighted by molar-refractivity contribution is -0.120. The normalized spacial score (nSPS) is 10.8. The van der Waals surface area contributed by atoms with Crippen molar-refractivity contribution in [2.75, 3.05) is 7.11 Å².